The van der Waals surface area contributed by atoms with Gasteiger partial charge in [0.25, 0.3) is 11.8 Å². The van der Waals surface area contributed by atoms with Gasteiger partial charge in [-0.15, -0.1) is 0 Å². The summed E-state index contributed by atoms with van der Waals surface area (Å²) in [7, 11) is 6.22. The number of hydrogen-bond acceptors (Lipinski definition) is 12. The third-order valence-electron chi connectivity index (χ3n) is 9.84. The quantitative estimate of drug-likeness (QED) is 0.170. The van der Waals surface area contributed by atoms with Gasteiger partial charge in [-0.05, 0) is 61.4 Å². The Morgan fingerprint density at radius 3 is 1.25 bits per heavy atom. The Hall–Kier alpha value is -6.70. The van der Waals surface area contributed by atoms with Crippen molar-refractivity contribution in [2.75, 3.05) is 65.3 Å². The lowest BCUT2D eigenvalue weighted by atomic mass is 10.1. The molecule has 2 fully saturated rings. The predicted octanol–water partition coefficient (Wildman–Crippen LogP) is 5.95. The maximum absolute atomic E-state index is 13.1. The average Bonchev–Trinajstić information content (AvgIpc) is 3.92. The molecule has 0 aliphatic carbocycles. The van der Waals surface area contributed by atoms with E-state index in [-0.39, 0.29) is 23.9 Å². The Balaban J connectivity index is 0.000000172. The third kappa shape index (κ3) is 8.19. The predicted molar refractivity (Wildman–Crippen MR) is 214 cm³/mol. The molecule has 2 N–H and O–H groups in total. The van der Waals surface area contributed by atoms with Crippen LogP contribution in [0.2, 0.25) is 0 Å². The summed E-state index contributed by atoms with van der Waals surface area (Å²) in [4.78, 5) is 47.9. The highest BCUT2D eigenvalue weighted by Crippen LogP contribution is 2.32. The number of rotatable bonds is 10. The molecule has 14 heteroatoms. The third-order valence-corrected chi connectivity index (χ3v) is 9.84. The zero-order valence-electron chi connectivity index (χ0n) is 31.8. The van der Waals surface area contributed by atoms with Crippen LogP contribution in [0, 0.1) is 0 Å². The first-order valence-electron chi connectivity index (χ1n) is 18.4. The minimum Gasteiger partial charge on any atom is -0.496 e. The van der Waals surface area contributed by atoms with Crippen LogP contribution in [0.5, 0.6) is 23.0 Å². The van der Waals surface area contributed by atoms with Crippen molar-refractivity contribution in [2.45, 2.75) is 24.9 Å². The van der Waals surface area contributed by atoms with E-state index in [1.807, 2.05) is 58.3 Å². The van der Waals surface area contributed by atoms with Gasteiger partial charge in [-0.25, -0.2) is 9.97 Å². The van der Waals surface area contributed by atoms with Gasteiger partial charge < -0.3 is 39.4 Å². The number of anilines is 2. The van der Waals surface area contributed by atoms with Gasteiger partial charge in [0.05, 0.1) is 62.9 Å². The Morgan fingerprint density at radius 2 is 0.893 bits per heavy atom. The number of aromatic nitrogens is 4. The molecular formula is C42H44N8O6. The molecule has 0 spiro atoms. The minimum atomic E-state index is -0.0943. The molecule has 14 nitrogen and oxygen atoms in total. The van der Waals surface area contributed by atoms with Crippen LogP contribution in [0.15, 0.2) is 97.3 Å². The number of para-hydroxylation sites is 4. The summed E-state index contributed by atoms with van der Waals surface area (Å²) in [6.45, 7) is 2.46. The lowest BCUT2D eigenvalue weighted by molar-refractivity contribution is 0.0776. The molecular weight excluding hydrogens is 713 g/mol. The lowest BCUT2D eigenvalue weighted by Gasteiger charge is -2.20. The molecule has 2 aliphatic heterocycles. The van der Waals surface area contributed by atoms with E-state index in [1.165, 1.54) is 0 Å². The van der Waals surface area contributed by atoms with E-state index >= 15 is 0 Å². The summed E-state index contributed by atoms with van der Waals surface area (Å²) >= 11 is 0. The molecule has 2 saturated heterocycles. The number of nitrogens with zero attached hydrogens (tertiary/aromatic N) is 6. The second kappa shape index (κ2) is 17.2. The van der Waals surface area contributed by atoms with Crippen LogP contribution >= 0.6 is 0 Å². The Kier molecular flexibility index (Phi) is 11.5. The standard InChI is InChI=1S/2C21H22N4O3/c2*1-27-17-8-5-9-18(28-2)20(17)21(26)25-11-10-14(13-25)23-19-12-22-15-6-3-4-7-16(15)24-19/h2*3-9,12,14H,10-11,13H2,1-2H3,(H,23,24)/t14-;/m1./s1. The van der Waals surface area contributed by atoms with Crippen LogP contribution < -0.4 is 29.6 Å². The number of hydrogen-bond donors (Lipinski definition) is 2. The van der Waals surface area contributed by atoms with E-state index in [2.05, 4.69) is 30.6 Å². The van der Waals surface area contributed by atoms with Gasteiger partial charge >= 0.3 is 0 Å². The smallest absolute Gasteiger partial charge is 0.261 e. The molecule has 2 amide bonds. The van der Waals surface area contributed by atoms with Crippen molar-refractivity contribution in [3.8, 4) is 23.0 Å². The topological polar surface area (TPSA) is 153 Å². The molecule has 0 bridgehead atoms. The van der Waals surface area contributed by atoms with Gasteiger partial charge in [0, 0.05) is 38.3 Å². The summed E-state index contributed by atoms with van der Waals surface area (Å²) in [5.41, 5.74) is 4.32. The van der Waals surface area contributed by atoms with Crippen molar-refractivity contribution in [3.63, 3.8) is 0 Å². The first-order valence-corrected chi connectivity index (χ1v) is 18.4. The molecule has 2 aromatic heterocycles. The number of nitrogens with one attached hydrogen (secondary N) is 2. The van der Waals surface area contributed by atoms with Crippen LogP contribution in [0.1, 0.15) is 33.6 Å². The maximum Gasteiger partial charge on any atom is 0.261 e. The molecule has 0 radical (unpaired) electrons. The summed E-state index contributed by atoms with van der Waals surface area (Å²) in [6, 6.07) is 26.4. The molecule has 2 atom stereocenters. The average molecular weight is 757 g/mol. The number of carbonyl (C=O) groups is 2. The van der Waals surface area contributed by atoms with Crippen LogP contribution in [-0.2, 0) is 0 Å². The summed E-state index contributed by atoms with van der Waals surface area (Å²) in [5, 5.41) is 6.79. The Labute approximate surface area is 324 Å². The SMILES string of the molecule is COc1cccc(OC)c1C(=O)N1CCC(Nc2cnc3ccccc3n2)C1.COc1cccc(OC)c1C(=O)N1CC[C@@H](Nc2cnc3ccccc3n2)C1. The molecule has 0 saturated carbocycles. The van der Waals surface area contributed by atoms with Gasteiger partial charge in [0.2, 0.25) is 0 Å². The van der Waals surface area contributed by atoms with Gasteiger partial charge in [-0.2, -0.15) is 0 Å². The fourth-order valence-corrected chi connectivity index (χ4v) is 7.04. The molecule has 8 rings (SSSR count). The number of fused-ring (bicyclic) bond motifs is 2. The fraction of sp³-hybridized carbons (Fsp3) is 0.286. The van der Waals surface area contributed by atoms with Crippen LogP contribution in [0.25, 0.3) is 22.1 Å². The molecule has 4 aromatic carbocycles. The monoisotopic (exact) mass is 756 g/mol. The van der Waals surface area contributed by atoms with Crippen molar-refractivity contribution in [1.82, 2.24) is 29.7 Å². The second-order valence-electron chi connectivity index (χ2n) is 13.3. The van der Waals surface area contributed by atoms with Gasteiger partial charge in [-0.1, -0.05) is 36.4 Å². The highest BCUT2D eigenvalue weighted by Gasteiger charge is 2.32. The summed E-state index contributed by atoms with van der Waals surface area (Å²) < 4.78 is 21.5. The normalized spacial score (nSPS) is 16.2. The van der Waals surface area contributed by atoms with Crippen LogP contribution in [0.3, 0.4) is 0 Å². The van der Waals surface area contributed by atoms with E-state index < -0.39 is 0 Å². The number of methoxy groups -OCH3 is 4. The van der Waals surface area contributed by atoms with Crippen molar-refractivity contribution < 1.29 is 28.5 Å². The molecule has 2 aliphatic rings. The molecule has 288 valence electrons. The Morgan fingerprint density at radius 1 is 0.536 bits per heavy atom. The fourth-order valence-electron chi connectivity index (χ4n) is 7.04. The number of likely N-dealkylation sites (tertiary alicyclic amines) is 2. The van der Waals surface area contributed by atoms with E-state index in [0.29, 0.717) is 71.9 Å². The van der Waals surface area contributed by atoms with Gasteiger partial charge in [-0.3, -0.25) is 19.6 Å². The van der Waals surface area contributed by atoms with E-state index in [4.69, 9.17) is 18.9 Å². The minimum absolute atomic E-state index is 0.0943. The van der Waals surface area contributed by atoms with Crippen molar-refractivity contribution in [3.05, 3.63) is 108 Å². The van der Waals surface area contributed by atoms with Crippen molar-refractivity contribution in [1.29, 1.82) is 0 Å². The largest absolute Gasteiger partial charge is 0.496 e. The van der Waals surface area contributed by atoms with Crippen LogP contribution in [0.4, 0.5) is 11.6 Å². The summed E-state index contributed by atoms with van der Waals surface area (Å²) in [6.07, 6.45) is 5.13. The summed E-state index contributed by atoms with van der Waals surface area (Å²) in [5.74, 6) is 3.30. The lowest BCUT2D eigenvalue weighted by Crippen LogP contribution is -2.32. The number of benzene rings is 4. The van der Waals surface area contributed by atoms with E-state index in [1.54, 1.807) is 77.2 Å². The molecule has 56 heavy (non-hydrogen) atoms. The zero-order valence-corrected chi connectivity index (χ0v) is 31.8. The highest BCUT2D eigenvalue weighted by molar-refractivity contribution is 6.00. The number of carbonyl (C=O) groups excluding carboxylic acids is 2. The van der Waals surface area contributed by atoms with E-state index in [9.17, 15) is 9.59 Å². The highest BCUT2D eigenvalue weighted by atomic mass is 16.5. The molecule has 1 unspecified atom stereocenters. The second-order valence-corrected chi connectivity index (χ2v) is 13.3. The zero-order chi connectivity index (χ0) is 39.0. The van der Waals surface area contributed by atoms with Gasteiger partial charge in [0.15, 0.2) is 0 Å². The maximum atomic E-state index is 13.1. The first kappa shape index (κ1) is 37.6. The van der Waals surface area contributed by atoms with Crippen LogP contribution in [-0.4, -0.2) is 108 Å². The van der Waals surface area contributed by atoms with Crippen molar-refractivity contribution >= 4 is 45.5 Å². The first-order chi connectivity index (χ1) is 27.4. The van der Waals surface area contributed by atoms with Gasteiger partial charge in [0.1, 0.15) is 45.8 Å². The molecule has 6 aromatic rings. The molecule has 4 heterocycles. The van der Waals surface area contributed by atoms with E-state index in [0.717, 1.165) is 34.9 Å². The van der Waals surface area contributed by atoms with Crippen molar-refractivity contribution in [2.24, 2.45) is 0 Å². The number of ether oxygens (including phenoxy) is 4. The Bertz CT molecular complexity index is 2130. The number of amides is 2.